The van der Waals surface area contributed by atoms with E-state index >= 15 is 0 Å². The monoisotopic (exact) mass is 305 g/mol. The topological polar surface area (TPSA) is 20.3 Å². The van der Waals surface area contributed by atoms with Gasteiger partial charge in [-0.1, -0.05) is 30.3 Å². The zero-order chi connectivity index (χ0) is 15.9. The van der Waals surface area contributed by atoms with Gasteiger partial charge in [-0.25, -0.2) is 0 Å². The lowest BCUT2D eigenvalue weighted by atomic mass is 10.1. The van der Waals surface area contributed by atoms with Crippen LogP contribution < -0.4 is 4.90 Å². The van der Waals surface area contributed by atoms with E-state index in [0.717, 1.165) is 11.6 Å². The minimum Gasteiger partial charge on any atom is -0.305 e. The molecule has 0 saturated carbocycles. The molecule has 0 saturated heterocycles. The molecule has 3 rings (SSSR count). The minimum absolute atomic E-state index is 0.161. The van der Waals surface area contributed by atoms with Gasteiger partial charge in [0.1, 0.15) is 0 Å². The Bertz CT molecular complexity index is 724. The third-order valence-corrected chi connectivity index (χ3v) is 3.89. The first kappa shape index (κ1) is 14.6. The van der Waals surface area contributed by atoms with Crippen molar-refractivity contribution in [3.63, 3.8) is 0 Å². The summed E-state index contributed by atoms with van der Waals surface area (Å²) in [6, 6.07) is 12.1. The number of hydrogen-bond donors (Lipinski definition) is 0. The summed E-state index contributed by atoms with van der Waals surface area (Å²) in [6.45, 7) is 1.84. The number of anilines is 1. The Labute approximate surface area is 126 Å². The van der Waals surface area contributed by atoms with Crippen molar-refractivity contribution in [1.29, 1.82) is 0 Å². The van der Waals surface area contributed by atoms with E-state index in [-0.39, 0.29) is 11.6 Å². The van der Waals surface area contributed by atoms with Gasteiger partial charge in [0.2, 0.25) is 0 Å². The molecule has 5 heteroatoms. The maximum absolute atomic E-state index is 13.1. The molecule has 22 heavy (non-hydrogen) atoms. The molecule has 0 aliphatic carbocycles. The lowest BCUT2D eigenvalue weighted by molar-refractivity contribution is -0.137. The molecule has 1 amide bonds. The van der Waals surface area contributed by atoms with Gasteiger partial charge in [0.25, 0.3) is 5.91 Å². The number of alkyl halides is 3. The summed E-state index contributed by atoms with van der Waals surface area (Å²) in [7, 11) is 0. The van der Waals surface area contributed by atoms with Crippen LogP contribution >= 0.6 is 0 Å². The molecule has 2 aromatic rings. The largest absolute Gasteiger partial charge is 0.417 e. The first-order valence-corrected chi connectivity index (χ1v) is 6.97. The highest BCUT2D eigenvalue weighted by Gasteiger charge is 2.38. The second-order valence-corrected chi connectivity index (χ2v) is 5.40. The zero-order valence-corrected chi connectivity index (χ0v) is 11.9. The Morgan fingerprint density at radius 1 is 1.09 bits per heavy atom. The molecule has 0 fully saturated rings. The van der Waals surface area contributed by atoms with Gasteiger partial charge in [0, 0.05) is 11.7 Å². The molecule has 0 radical (unpaired) electrons. The molecule has 1 aliphatic rings. The second kappa shape index (κ2) is 5.16. The normalized spacial score (nSPS) is 17.5. The van der Waals surface area contributed by atoms with Gasteiger partial charge in [0.15, 0.2) is 0 Å². The van der Waals surface area contributed by atoms with E-state index < -0.39 is 17.6 Å². The van der Waals surface area contributed by atoms with Crippen LogP contribution in [0.4, 0.5) is 18.9 Å². The third kappa shape index (κ3) is 2.36. The fourth-order valence-electron chi connectivity index (χ4n) is 2.92. The molecular formula is C17H14F3NO. The lowest BCUT2D eigenvalue weighted by Gasteiger charge is -2.24. The van der Waals surface area contributed by atoms with Gasteiger partial charge in [0.05, 0.1) is 11.1 Å². The van der Waals surface area contributed by atoms with E-state index in [1.165, 1.54) is 23.1 Å². The fraction of sp³-hybridized carbons (Fsp3) is 0.235. The van der Waals surface area contributed by atoms with Gasteiger partial charge in [-0.05, 0) is 37.1 Å². The Hall–Kier alpha value is -2.30. The molecule has 1 heterocycles. The number of carbonyl (C=O) groups is 1. The molecular weight excluding hydrogens is 291 g/mol. The Kier molecular flexibility index (Phi) is 3.43. The van der Waals surface area contributed by atoms with E-state index in [0.29, 0.717) is 12.1 Å². The van der Waals surface area contributed by atoms with Crippen LogP contribution in [-0.2, 0) is 12.6 Å². The van der Waals surface area contributed by atoms with Crippen LogP contribution in [0.25, 0.3) is 0 Å². The van der Waals surface area contributed by atoms with Gasteiger partial charge in [-0.15, -0.1) is 0 Å². The van der Waals surface area contributed by atoms with Crippen LogP contribution in [0.15, 0.2) is 48.5 Å². The quantitative estimate of drug-likeness (QED) is 0.769. The van der Waals surface area contributed by atoms with Crippen LogP contribution in [0.1, 0.15) is 28.4 Å². The summed E-state index contributed by atoms with van der Waals surface area (Å²) in [4.78, 5) is 14.2. The van der Waals surface area contributed by atoms with Crippen LogP contribution in [-0.4, -0.2) is 11.9 Å². The van der Waals surface area contributed by atoms with Gasteiger partial charge in [-0.3, -0.25) is 4.79 Å². The number of halogens is 3. The predicted molar refractivity (Wildman–Crippen MR) is 77.9 cm³/mol. The lowest BCUT2D eigenvalue weighted by Crippen LogP contribution is -2.36. The number of hydrogen-bond acceptors (Lipinski definition) is 1. The summed E-state index contributed by atoms with van der Waals surface area (Å²) >= 11 is 0. The highest BCUT2D eigenvalue weighted by molar-refractivity contribution is 6.08. The molecule has 0 spiro atoms. The van der Waals surface area contributed by atoms with Crippen molar-refractivity contribution in [2.45, 2.75) is 25.6 Å². The van der Waals surface area contributed by atoms with E-state index in [4.69, 9.17) is 0 Å². The number of rotatable bonds is 1. The number of carbonyl (C=O) groups excluding carboxylic acids is 1. The van der Waals surface area contributed by atoms with E-state index in [1.807, 2.05) is 19.1 Å². The summed E-state index contributed by atoms with van der Waals surface area (Å²) < 4.78 is 39.4. The molecule has 0 bridgehead atoms. The smallest absolute Gasteiger partial charge is 0.305 e. The molecule has 2 nitrogen and oxygen atoms in total. The number of amides is 1. The fourth-order valence-corrected chi connectivity index (χ4v) is 2.92. The summed E-state index contributed by atoms with van der Waals surface area (Å²) in [5, 5.41) is 0. The number of nitrogens with zero attached hydrogens (tertiary/aromatic N) is 1. The van der Waals surface area contributed by atoms with Crippen LogP contribution in [0.3, 0.4) is 0 Å². The Morgan fingerprint density at radius 3 is 2.45 bits per heavy atom. The highest BCUT2D eigenvalue weighted by Crippen LogP contribution is 2.36. The standard InChI is InChI=1S/C17H14F3NO/c1-11-10-12-6-2-5-9-15(12)21(11)16(22)13-7-3-4-8-14(13)17(18,19)20/h2-9,11H,10H2,1H3/t11-/m0/s1. The van der Waals surface area contributed by atoms with Crippen LogP contribution in [0.5, 0.6) is 0 Å². The molecule has 0 N–H and O–H groups in total. The highest BCUT2D eigenvalue weighted by atomic mass is 19.4. The minimum atomic E-state index is -4.55. The average molecular weight is 305 g/mol. The maximum atomic E-state index is 13.1. The van der Waals surface area contributed by atoms with Gasteiger partial charge >= 0.3 is 6.18 Å². The third-order valence-electron chi connectivity index (χ3n) is 3.89. The first-order chi connectivity index (χ1) is 10.4. The predicted octanol–water partition coefficient (Wildman–Crippen LogP) is 4.30. The SMILES string of the molecule is C[C@H]1Cc2ccccc2N1C(=O)c1ccccc1C(F)(F)F. The summed E-state index contributed by atoms with van der Waals surface area (Å²) in [6.07, 6.45) is -3.90. The Morgan fingerprint density at radius 2 is 1.73 bits per heavy atom. The summed E-state index contributed by atoms with van der Waals surface area (Å²) in [5.41, 5.74) is 0.472. The molecule has 1 aliphatic heterocycles. The van der Waals surface area contributed by atoms with Gasteiger partial charge in [-0.2, -0.15) is 13.2 Å². The molecule has 0 aromatic heterocycles. The van der Waals surface area contributed by atoms with Crippen molar-refractivity contribution in [1.82, 2.24) is 0 Å². The number of fused-ring (bicyclic) bond motifs is 1. The van der Waals surface area contributed by atoms with Crippen molar-refractivity contribution >= 4 is 11.6 Å². The maximum Gasteiger partial charge on any atom is 0.417 e. The van der Waals surface area contributed by atoms with Crippen molar-refractivity contribution in [2.75, 3.05) is 4.90 Å². The van der Waals surface area contributed by atoms with Crippen molar-refractivity contribution in [3.05, 3.63) is 65.2 Å². The van der Waals surface area contributed by atoms with Crippen molar-refractivity contribution in [3.8, 4) is 0 Å². The second-order valence-electron chi connectivity index (χ2n) is 5.40. The van der Waals surface area contributed by atoms with Gasteiger partial charge < -0.3 is 4.90 Å². The molecule has 114 valence electrons. The van der Waals surface area contributed by atoms with Crippen LogP contribution in [0, 0.1) is 0 Å². The molecule has 1 atom stereocenters. The van der Waals surface area contributed by atoms with Crippen molar-refractivity contribution < 1.29 is 18.0 Å². The number of benzene rings is 2. The van der Waals surface area contributed by atoms with Crippen molar-refractivity contribution in [2.24, 2.45) is 0 Å². The van der Waals surface area contributed by atoms with E-state index in [9.17, 15) is 18.0 Å². The first-order valence-electron chi connectivity index (χ1n) is 6.97. The molecule has 0 unspecified atom stereocenters. The number of para-hydroxylation sites is 1. The Balaban J connectivity index is 2.06. The summed E-state index contributed by atoms with van der Waals surface area (Å²) in [5.74, 6) is -0.606. The van der Waals surface area contributed by atoms with Crippen LogP contribution in [0.2, 0.25) is 0 Å². The zero-order valence-electron chi connectivity index (χ0n) is 11.9. The average Bonchev–Trinajstić information content (AvgIpc) is 2.81. The van der Waals surface area contributed by atoms with E-state index in [1.54, 1.807) is 12.1 Å². The van der Waals surface area contributed by atoms with E-state index in [2.05, 4.69) is 0 Å². The molecule has 2 aromatic carbocycles.